The van der Waals surface area contributed by atoms with E-state index in [-0.39, 0.29) is 5.91 Å². The standard InChI is InChI=1S/C16H24N2O3/c1-17-14-7-9-18(10-8-14)16(19)13-3-5-15(6-4-13)21-12-11-20-2/h3-6,14,17H,7-12H2,1-2H3. The van der Waals surface area contributed by atoms with Gasteiger partial charge in [0.05, 0.1) is 6.61 Å². The number of rotatable bonds is 6. The molecule has 0 saturated carbocycles. The highest BCUT2D eigenvalue weighted by atomic mass is 16.5. The molecule has 0 aromatic heterocycles. The maximum Gasteiger partial charge on any atom is 0.253 e. The van der Waals surface area contributed by atoms with E-state index in [4.69, 9.17) is 9.47 Å². The van der Waals surface area contributed by atoms with Crippen molar-refractivity contribution < 1.29 is 14.3 Å². The van der Waals surface area contributed by atoms with Crippen LogP contribution in [0.25, 0.3) is 0 Å². The van der Waals surface area contributed by atoms with Crippen molar-refractivity contribution in [2.45, 2.75) is 18.9 Å². The third kappa shape index (κ3) is 4.44. The van der Waals surface area contributed by atoms with Crippen LogP contribution in [0.4, 0.5) is 0 Å². The number of ether oxygens (including phenoxy) is 2. The van der Waals surface area contributed by atoms with Crippen LogP contribution in [-0.2, 0) is 4.74 Å². The maximum atomic E-state index is 12.4. The molecule has 0 unspecified atom stereocenters. The summed E-state index contributed by atoms with van der Waals surface area (Å²) in [4.78, 5) is 14.3. The van der Waals surface area contributed by atoms with Crippen molar-refractivity contribution in [2.24, 2.45) is 0 Å². The Hall–Kier alpha value is -1.59. The number of carbonyl (C=O) groups excluding carboxylic acids is 1. The van der Waals surface area contributed by atoms with Crippen molar-refractivity contribution in [3.05, 3.63) is 29.8 Å². The Balaban J connectivity index is 1.88. The third-order valence-corrected chi connectivity index (χ3v) is 3.85. The van der Waals surface area contributed by atoms with Gasteiger partial charge in [-0.05, 0) is 44.2 Å². The Morgan fingerprint density at radius 1 is 1.24 bits per heavy atom. The molecule has 0 spiro atoms. The van der Waals surface area contributed by atoms with Gasteiger partial charge in [-0.3, -0.25) is 4.79 Å². The Morgan fingerprint density at radius 3 is 2.48 bits per heavy atom. The number of carbonyl (C=O) groups is 1. The van der Waals surface area contributed by atoms with Gasteiger partial charge in [0.25, 0.3) is 5.91 Å². The Bertz CT molecular complexity index is 439. The monoisotopic (exact) mass is 292 g/mol. The minimum atomic E-state index is 0.105. The average Bonchev–Trinajstić information content (AvgIpc) is 2.55. The fraction of sp³-hybridized carbons (Fsp3) is 0.562. The molecular formula is C16H24N2O3. The average molecular weight is 292 g/mol. The molecule has 5 nitrogen and oxygen atoms in total. The van der Waals surface area contributed by atoms with E-state index in [1.807, 2.05) is 36.2 Å². The van der Waals surface area contributed by atoms with Gasteiger partial charge in [0.2, 0.25) is 0 Å². The first kappa shape index (κ1) is 15.8. The molecule has 1 fully saturated rings. The van der Waals surface area contributed by atoms with E-state index >= 15 is 0 Å². The van der Waals surface area contributed by atoms with Crippen molar-refractivity contribution in [2.75, 3.05) is 40.5 Å². The zero-order valence-corrected chi connectivity index (χ0v) is 12.8. The molecule has 2 rings (SSSR count). The van der Waals surface area contributed by atoms with Gasteiger partial charge in [-0.25, -0.2) is 0 Å². The smallest absolute Gasteiger partial charge is 0.253 e. The molecule has 1 aromatic rings. The zero-order valence-electron chi connectivity index (χ0n) is 12.8. The quantitative estimate of drug-likeness (QED) is 0.808. The molecule has 1 aliphatic rings. The molecule has 5 heteroatoms. The number of nitrogens with one attached hydrogen (secondary N) is 1. The number of methoxy groups -OCH3 is 1. The SMILES string of the molecule is CNC1CCN(C(=O)c2ccc(OCCOC)cc2)CC1. The molecule has 0 bridgehead atoms. The van der Waals surface area contributed by atoms with Gasteiger partial charge in [0, 0.05) is 31.8 Å². The summed E-state index contributed by atoms with van der Waals surface area (Å²) in [6.07, 6.45) is 2.03. The first-order valence-corrected chi connectivity index (χ1v) is 7.43. The van der Waals surface area contributed by atoms with E-state index in [1.165, 1.54) is 0 Å². The van der Waals surface area contributed by atoms with Crippen LogP contribution < -0.4 is 10.1 Å². The number of likely N-dealkylation sites (tertiary alicyclic amines) is 1. The number of hydrogen-bond acceptors (Lipinski definition) is 4. The summed E-state index contributed by atoms with van der Waals surface area (Å²) in [5.41, 5.74) is 0.719. The fourth-order valence-corrected chi connectivity index (χ4v) is 2.49. The molecule has 0 aliphatic carbocycles. The fourth-order valence-electron chi connectivity index (χ4n) is 2.49. The molecule has 1 heterocycles. The van der Waals surface area contributed by atoms with Crippen LogP contribution in [-0.4, -0.2) is 57.3 Å². The van der Waals surface area contributed by atoms with Crippen molar-refractivity contribution in [1.29, 1.82) is 0 Å². The summed E-state index contributed by atoms with van der Waals surface area (Å²) < 4.78 is 10.4. The predicted octanol–water partition coefficient (Wildman–Crippen LogP) is 1.54. The first-order valence-electron chi connectivity index (χ1n) is 7.43. The van der Waals surface area contributed by atoms with Crippen LogP contribution in [0.15, 0.2) is 24.3 Å². The number of benzene rings is 1. The Kier molecular flexibility index (Phi) is 6.02. The van der Waals surface area contributed by atoms with Gasteiger partial charge in [-0.1, -0.05) is 0 Å². The summed E-state index contributed by atoms with van der Waals surface area (Å²) in [6.45, 7) is 2.70. The van der Waals surface area contributed by atoms with Crippen LogP contribution in [0.1, 0.15) is 23.2 Å². The van der Waals surface area contributed by atoms with Crippen molar-refractivity contribution in [3.63, 3.8) is 0 Å². The van der Waals surface area contributed by atoms with Gasteiger partial charge < -0.3 is 19.7 Å². The summed E-state index contributed by atoms with van der Waals surface area (Å²) in [5, 5.41) is 3.27. The molecule has 1 aromatic carbocycles. The van der Waals surface area contributed by atoms with E-state index in [1.54, 1.807) is 7.11 Å². The first-order chi connectivity index (χ1) is 10.2. The normalized spacial score (nSPS) is 16.0. The molecule has 116 valence electrons. The molecular weight excluding hydrogens is 268 g/mol. The number of piperidine rings is 1. The van der Waals surface area contributed by atoms with E-state index in [0.29, 0.717) is 19.3 Å². The van der Waals surface area contributed by atoms with Crippen LogP contribution in [0.3, 0.4) is 0 Å². The largest absolute Gasteiger partial charge is 0.491 e. The van der Waals surface area contributed by atoms with Gasteiger partial charge in [-0.2, -0.15) is 0 Å². The zero-order chi connectivity index (χ0) is 15.1. The van der Waals surface area contributed by atoms with Crippen LogP contribution >= 0.6 is 0 Å². The van der Waals surface area contributed by atoms with Crippen molar-refractivity contribution in [1.82, 2.24) is 10.2 Å². The topological polar surface area (TPSA) is 50.8 Å². The highest BCUT2D eigenvalue weighted by Gasteiger charge is 2.22. The van der Waals surface area contributed by atoms with Gasteiger partial charge >= 0.3 is 0 Å². The third-order valence-electron chi connectivity index (χ3n) is 3.85. The highest BCUT2D eigenvalue weighted by molar-refractivity contribution is 5.94. The Labute approximate surface area is 126 Å². The van der Waals surface area contributed by atoms with Gasteiger partial charge in [0.1, 0.15) is 12.4 Å². The molecule has 0 atom stereocenters. The van der Waals surface area contributed by atoms with Crippen LogP contribution in [0.5, 0.6) is 5.75 Å². The van der Waals surface area contributed by atoms with Gasteiger partial charge in [0.15, 0.2) is 0 Å². The Morgan fingerprint density at radius 2 is 1.90 bits per heavy atom. The second-order valence-corrected chi connectivity index (χ2v) is 5.22. The van der Waals surface area contributed by atoms with Crippen LogP contribution in [0.2, 0.25) is 0 Å². The van der Waals surface area contributed by atoms with Gasteiger partial charge in [-0.15, -0.1) is 0 Å². The number of nitrogens with zero attached hydrogens (tertiary/aromatic N) is 1. The maximum absolute atomic E-state index is 12.4. The van der Waals surface area contributed by atoms with Crippen LogP contribution in [0, 0.1) is 0 Å². The molecule has 1 amide bonds. The minimum Gasteiger partial charge on any atom is -0.491 e. The molecule has 1 N–H and O–H groups in total. The number of amides is 1. The molecule has 0 radical (unpaired) electrons. The minimum absolute atomic E-state index is 0.105. The lowest BCUT2D eigenvalue weighted by Crippen LogP contribution is -2.43. The predicted molar refractivity (Wildman–Crippen MR) is 81.8 cm³/mol. The van der Waals surface area contributed by atoms with E-state index in [0.717, 1.165) is 37.2 Å². The summed E-state index contributed by atoms with van der Waals surface area (Å²) in [6, 6.07) is 7.86. The second-order valence-electron chi connectivity index (χ2n) is 5.22. The summed E-state index contributed by atoms with van der Waals surface area (Å²) in [5.74, 6) is 0.866. The summed E-state index contributed by atoms with van der Waals surface area (Å²) >= 11 is 0. The highest BCUT2D eigenvalue weighted by Crippen LogP contribution is 2.17. The van der Waals surface area contributed by atoms with E-state index in [2.05, 4.69) is 5.32 Å². The lowest BCUT2D eigenvalue weighted by Gasteiger charge is -2.31. The van der Waals surface area contributed by atoms with Crippen molar-refractivity contribution in [3.8, 4) is 5.75 Å². The second kappa shape index (κ2) is 8.00. The van der Waals surface area contributed by atoms with E-state index < -0.39 is 0 Å². The molecule has 1 saturated heterocycles. The van der Waals surface area contributed by atoms with Crippen molar-refractivity contribution >= 4 is 5.91 Å². The lowest BCUT2D eigenvalue weighted by atomic mass is 10.0. The number of hydrogen-bond donors (Lipinski definition) is 1. The molecule has 21 heavy (non-hydrogen) atoms. The molecule has 1 aliphatic heterocycles. The summed E-state index contributed by atoms with van der Waals surface area (Å²) in [7, 11) is 3.62. The van der Waals surface area contributed by atoms with E-state index in [9.17, 15) is 4.79 Å². The lowest BCUT2D eigenvalue weighted by molar-refractivity contribution is 0.0707.